The van der Waals surface area contributed by atoms with Crippen molar-refractivity contribution >= 4 is 66.2 Å². The summed E-state index contributed by atoms with van der Waals surface area (Å²) in [6, 6.07) is 37.4. The van der Waals surface area contributed by atoms with Crippen molar-refractivity contribution in [3.63, 3.8) is 0 Å². The van der Waals surface area contributed by atoms with E-state index in [1.807, 2.05) is 89.0 Å². The zero-order valence-electron chi connectivity index (χ0n) is 43.9. The van der Waals surface area contributed by atoms with Gasteiger partial charge in [0.25, 0.3) is 0 Å². The lowest BCUT2D eigenvalue weighted by atomic mass is 10.2. The number of benzene rings is 1. The van der Waals surface area contributed by atoms with E-state index in [1.165, 1.54) is 21.7 Å². The molecule has 380 valence electrons. The molecule has 12 aromatic rings. The molecule has 0 N–H and O–H groups in total. The van der Waals surface area contributed by atoms with E-state index < -0.39 is 0 Å². The first-order chi connectivity index (χ1) is 34.7. The minimum atomic E-state index is 0. The van der Waals surface area contributed by atoms with Crippen molar-refractivity contribution in [3.8, 4) is 0 Å². The second kappa shape index (κ2) is 25.4. The first-order valence-electron chi connectivity index (χ1n) is 25.0. The van der Waals surface area contributed by atoms with Crippen LogP contribution in [0.15, 0.2) is 171 Å². The van der Waals surface area contributed by atoms with Crippen LogP contribution in [0.4, 0.5) is 0 Å². The molecule has 0 bridgehead atoms. The Labute approximate surface area is 430 Å². The van der Waals surface area contributed by atoms with Gasteiger partial charge in [0.2, 0.25) is 0 Å². The topological polar surface area (TPSA) is 133 Å². The predicted octanol–water partition coefficient (Wildman–Crippen LogP) is 15.1. The number of nitrogens with zero attached hydrogens (tertiary/aromatic N) is 14. The fraction of sp³-hybridized carbons (Fsp3) is 0.322. The van der Waals surface area contributed by atoms with Gasteiger partial charge in [0, 0.05) is 113 Å². The Morgan fingerprint density at radius 2 is 0.685 bits per heavy atom. The van der Waals surface area contributed by atoms with Crippen LogP contribution in [-0.4, -0.2) is 67.7 Å². The third kappa shape index (κ3) is 13.3. The Bertz CT molecular complexity index is 2930. The van der Waals surface area contributed by atoms with E-state index >= 15 is 0 Å². The van der Waals surface area contributed by atoms with Gasteiger partial charge in [-0.2, -0.15) is 10.2 Å². The van der Waals surface area contributed by atoms with E-state index in [9.17, 15) is 0 Å². The molecule has 0 unspecified atom stereocenters. The zero-order chi connectivity index (χ0) is 51.3. The number of pyridine rings is 5. The molecule has 0 saturated heterocycles. The minimum Gasteiger partial charge on any atom is -0.345 e. The summed E-state index contributed by atoms with van der Waals surface area (Å²) in [6.45, 7) is 25.7. The highest BCUT2D eigenvalue weighted by Gasteiger charge is 2.08. The first-order valence-corrected chi connectivity index (χ1v) is 25.0. The van der Waals surface area contributed by atoms with E-state index in [-0.39, 0.29) is 7.43 Å². The van der Waals surface area contributed by atoms with Gasteiger partial charge < -0.3 is 18.3 Å². The highest BCUT2D eigenvalue weighted by atomic mass is 15.3. The molecular formula is C59H74N14. The third-order valence-corrected chi connectivity index (χ3v) is 11.8. The van der Waals surface area contributed by atoms with Gasteiger partial charge >= 0.3 is 0 Å². The van der Waals surface area contributed by atoms with Crippen molar-refractivity contribution in [2.45, 2.75) is 127 Å². The van der Waals surface area contributed by atoms with Crippen LogP contribution >= 0.6 is 0 Å². The molecule has 0 fully saturated rings. The van der Waals surface area contributed by atoms with E-state index in [2.05, 4.69) is 215 Å². The molecule has 11 heterocycles. The summed E-state index contributed by atoms with van der Waals surface area (Å²) < 4.78 is 12.6. The highest BCUT2D eigenvalue weighted by molar-refractivity contribution is 5.80. The monoisotopic (exact) mass is 979 g/mol. The third-order valence-electron chi connectivity index (χ3n) is 11.8. The molecule has 14 heteroatoms. The van der Waals surface area contributed by atoms with Gasteiger partial charge in [-0.1, -0.05) is 25.6 Å². The number of rotatable bonds is 6. The van der Waals surface area contributed by atoms with Gasteiger partial charge in [0.05, 0.1) is 18.7 Å². The Morgan fingerprint density at radius 1 is 0.315 bits per heavy atom. The number of para-hydroxylation sites is 1. The molecule has 0 aliphatic rings. The molecule has 1 aromatic carbocycles. The molecule has 0 amide bonds. The minimum absolute atomic E-state index is 0. The van der Waals surface area contributed by atoms with Crippen LogP contribution in [-0.2, 0) is 0 Å². The second-order valence-corrected chi connectivity index (χ2v) is 19.1. The summed E-state index contributed by atoms with van der Waals surface area (Å²) in [7, 11) is 0. The average Bonchev–Trinajstić information content (AvgIpc) is 4.25. The summed E-state index contributed by atoms with van der Waals surface area (Å²) in [4.78, 5) is 25.7. The van der Waals surface area contributed by atoms with Gasteiger partial charge in [-0.25, -0.2) is 39.3 Å². The van der Waals surface area contributed by atoms with Crippen LogP contribution in [0.2, 0.25) is 0 Å². The van der Waals surface area contributed by atoms with Gasteiger partial charge in [0.1, 0.15) is 16.8 Å². The van der Waals surface area contributed by atoms with Gasteiger partial charge in [-0.3, -0.25) is 0 Å². The van der Waals surface area contributed by atoms with Crippen molar-refractivity contribution < 1.29 is 0 Å². The average molecular weight is 979 g/mol. The van der Waals surface area contributed by atoms with Gasteiger partial charge in [0.15, 0.2) is 16.9 Å². The van der Waals surface area contributed by atoms with Gasteiger partial charge in [-0.05, 0) is 173 Å². The van der Waals surface area contributed by atoms with E-state index in [1.54, 1.807) is 18.6 Å². The number of aromatic nitrogens is 14. The lowest BCUT2D eigenvalue weighted by Crippen LogP contribution is -2.02. The Morgan fingerprint density at radius 3 is 1.14 bits per heavy atom. The highest BCUT2D eigenvalue weighted by Crippen LogP contribution is 2.21. The normalized spacial score (nSPS) is 11.1. The van der Waals surface area contributed by atoms with Crippen LogP contribution in [0.5, 0.6) is 0 Å². The van der Waals surface area contributed by atoms with E-state index in [0.29, 0.717) is 36.3 Å². The quantitative estimate of drug-likeness (QED) is 0.161. The summed E-state index contributed by atoms with van der Waals surface area (Å²) in [5.74, 6) is 0. The predicted molar refractivity (Wildman–Crippen MR) is 303 cm³/mol. The molecule has 11 aromatic heterocycles. The van der Waals surface area contributed by atoms with Crippen LogP contribution < -0.4 is 0 Å². The van der Waals surface area contributed by atoms with Crippen molar-refractivity contribution in [3.05, 3.63) is 171 Å². The van der Waals surface area contributed by atoms with Crippen molar-refractivity contribution in [1.82, 2.24) is 67.7 Å². The lowest BCUT2D eigenvalue weighted by molar-refractivity contribution is 0.546. The largest absolute Gasteiger partial charge is 0.345 e. The molecule has 0 aliphatic carbocycles. The maximum Gasteiger partial charge on any atom is 0.160 e. The molecule has 73 heavy (non-hydrogen) atoms. The maximum absolute atomic E-state index is 4.33. The summed E-state index contributed by atoms with van der Waals surface area (Å²) >= 11 is 0. The van der Waals surface area contributed by atoms with Crippen LogP contribution in [0.3, 0.4) is 0 Å². The van der Waals surface area contributed by atoms with Crippen molar-refractivity contribution in [2.75, 3.05) is 0 Å². The van der Waals surface area contributed by atoms with E-state index in [0.717, 1.165) is 44.5 Å². The van der Waals surface area contributed by atoms with Crippen LogP contribution in [0.1, 0.15) is 127 Å². The molecular weight excluding hydrogens is 905 g/mol. The Hall–Kier alpha value is -8.00. The number of hydrogen-bond acceptors (Lipinski definition) is 8. The van der Waals surface area contributed by atoms with Crippen LogP contribution in [0, 0.1) is 0 Å². The smallest absolute Gasteiger partial charge is 0.160 e. The van der Waals surface area contributed by atoms with Crippen LogP contribution in [0.25, 0.3) is 66.2 Å². The fourth-order valence-corrected chi connectivity index (χ4v) is 8.12. The molecule has 12 rings (SSSR count). The standard InChI is InChI=1S/C11H13N.2C10H12N2.3C9H11N3.CH4/c1-9(2)12-8-7-10-5-3-4-6-11(10)12;2*1-8(2)12-7-5-9-4-3-6-11-10(9)12;1-7(2)12-6-11-8-4-3-5-10-9(8)12;2*1-7(2)12-9-8(6-11-12)4-3-5-10-9;/h3-9H,1-2H3;2*3-8H,1-2H3;3*3-7H,1-2H3;1H4. The molecule has 0 atom stereocenters. The zero-order valence-corrected chi connectivity index (χ0v) is 43.9. The molecule has 0 radical (unpaired) electrons. The van der Waals surface area contributed by atoms with Crippen molar-refractivity contribution in [1.29, 1.82) is 0 Å². The molecule has 0 aliphatic heterocycles. The Kier molecular flexibility index (Phi) is 18.9. The van der Waals surface area contributed by atoms with Crippen molar-refractivity contribution in [2.24, 2.45) is 0 Å². The Balaban J connectivity index is 0.000000142. The second-order valence-electron chi connectivity index (χ2n) is 19.1. The number of imidazole rings is 1. The fourth-order valence-electron chi connectivity index (χ4n) is 8.12. The number of hydrogen-bond donors (Lipinski definition) is 0. The van der Waals surface area contributed by atoms with Gasteiger partial charge in [-0.15, -0.1) is 0 Å². The molecule has 0 saturated carbocycles. The summed E-state index contributed by atoms with van der Waals surface area (Å²) in [5.41, 5.74) is 7.34. The molecule has 0 spiro atoms. The lowest BCUT2D eigenvalue weighted by Gasteiger charge is -2.08. The summed E-state index contributed by atoms with van der Waals surface area (Å²) in [5, 5.41) is 14.5. The maximum atomic E-state index is 4.33. The molecule has 14 nitrogen and oxygen atoms in total. The first kappa shape index (κ1) is 54.3. The number of fused-ring (bicyclic) bond motifs is 6. The SMILES string of the molecule is C.CC(C)n1ccc2ccccc21.CC(C)n1ccc2cccnc21.CC(C)n1ccc2cccnc21.CC(C)n1cnc2cccnc21.CC(C)n1ncc2cccnc21.CC(C)n1ncc2cccnc21. The van der Waals surface area contributed by atoms with E-state index in [4.69, 9.17) is 0 Å². The summed E-state index contributed by atoms with van der Waals surface area (Å²) in [6.07, 6.45) is 20.9.